The molecule has 0 aliphatic carbocycles. The van der Waals surface area contributed by atoms with Crippen molar-refractivity contribution in [3.8, 4) is 0 Å². The summed E-state index contributed by atoms with van der Waals surface area (Å²) in [6.07, 6.45) is 3.00. The van der Waals surface area contributed by atoms with Gasteiger partial charge in [-0.15, -0.1) is 0 Å². The van der Waals surface area contributed by atoms with E-state index in [1.54, 1.807) is 24.3 Å². The van der Waals surface area contributed by atoms with Crippen molar-refractivity contribution in [3.05, 3.63) is 35.9 Å². The third kappa shape index (κ3) is 22.7. The third-order valence-electron chi connectivity index (χ3n) is 10.9. The minimum absolute atomic E-state index is 0.0375. The van der Waals surface area contributed by atoms with Gasteiger partial charge in [0.2, 0.25) is 11.8 Å². The molecule has 1 saturated heterocycles. The van der Waals surface area contributed by atoms with Crippen LogP contribution in [0.5, 0.6) is 0 Å². The second-order valence-electron chi connectivity index (χ2n) is 16.8. The number of hydrogen-bond acceptors (Lipinski definition) is 12. The van der Waals surface area contributed by atoms with Gasteiger partial charge in [-0.1, -0.05) is 97.1 Å². The van der Waals surface area contributed by atoms with E-state index in [1.165, 1.54) is 13.8 Å². The lowest BCUT2D eigenvalue weighted by Crippen LogP contribution is -2.66. The third-order valence-corrected chi connectivity index (χ3v) is 10.9. The zero-order valence-electron chi connectivity index (χ0n) is 40.3. The maximum Gasteiger partial charge on any atom is 0.408 e. The van der Waals surface area contributed by atoms with Crippen molar-refractivity contribution in [2.45, 2.75) is 193 Å². The molecule has 0 unspecified atom stereocenters. The van der Waals surface area contributed by atoms with Crippen LogP contribution < -0.4 is 21.3 Å². The molecule has 1 aromatic carbocycles. The van der Waals surface area contributed by atoms with Gasteiger partial charge in [0.25, 0.3) is 5.92 Å². The summed E-state index contributed by atoms with van der Waals surface area (Å²) >= 11 is 0. The molecule has 3 amide bonds. The van der Waals surface area contributed by atoms with Crippen molar-refractivity contribution in [2.75, 3.05) is 52.7 Å². The smallest absolute Gasteiger partial charge is 0.408 e. The van der Waals surface area contributed by atoms with Crippen LogP contribution in [-0.4, -0.2) is 131 Å². The first-order chi connectivity index (χ1) is 31.3. The highest BCUT2D eigenvalue weighted by molar-refractivity contribution is 5.92. The fraction of sp³-hybridized carbons (Fsp3) is 0.792. The van der Waals surface area contributed by atoms with Gasteiger partial charge in [0.05, 0.1) is 19.8 Å². The fourth-order valence-corrected chi connectivity index (χ4v) is 6.85. The number of halogens is 2. The van der Waals surface area contributed by atoms with Crippen LogP contribution >= 0.6 is 0 Å². The Balaban J connectivity index is 2.16. The molecule has 1 aromatic rings. The highest BCUT2D eigenvalue weighted by Crippen LogP contribution is 2.36. The molecule has 1 heterocycles. The number of esters is 1. The van der Waals surface area contributed by atoms with Gasteiger partial charge in [-0.2, -0.15) is 0 Å². The first-order valence-corrected chi connectivity index (χ1v) is 24.2. The highest BCUT2D eigenvalue weighted by Gasteiger charge is 2.57. The molecule has 17 heteroatoms. The van der Waals surface area contributed by atoms with Crippen molar-refractivity contribution in [1.82, 2.24) is 21.3 Å². The molecule has 0 aromatic heterocycles. The van der Waals surface area contributed by atoms with Crippen molar-refractivity contribution in [3.63, 3.8) is 0 Å². The zero-order chi connectivity index (χ0) is 47.9. The van der Waals surface area contributed by atoms with Gasteiger partial charge in [0.1, 0.15) is 49.1 Å². The molecule has 0 spiro atoms. The molecule has 374 valence electrons. The summed E-state index contributed by atoms with van der Waals surface area (Å²) < 4.78 is 74.9. The molecular formula is C48H82F2N4O11. The lowest BCUT2D eigenvalue weighted by atomic mass is 9.90. The molecule has 0 saturated carbocycles. The summed E-state index contributed by atoms with van der Waals surface area (Å²) in [5.41, 5.74) is 0.743. The molecule has 1 aliphatic rings. The second kappa shape index (κ2) is 33.9. The first-order valence-electron chi connectivity index (χ1n) is 24.2. The zero-order valence-corrected chi connectivity index (χ0v) is 40.3. The quantitative estimate of drug-likeness (QED) is 0.0394. The Kier molecular flexibility index (Phi) is 30.1. The molecular weight excluding hydrogens is 847 g/mol. The second-order valence-corrected chi connectivity index (χ2v) is 16.8. The molecule has 15 nitrogen and oxygen atoms in total. The van der Waals surface area contributed by atoms with Crippen LogP contribution in [0.25, 0.3) is 0 Å². The molecule has 4 N–H and O–H groups in total. The summed E-state index contributed by atoms with van der Waals surface area (Å²) in [6.45, 7) is 14.3. The summed E-state index contributed by atoms with van der Waals surface area (Å²) in [7, 11) is 0. The number of alkyl halides is 2. The van der Waals surface area contributed by atoms with Gasteiger partial charge in [0.15, 0.2) is 6.10 Å². The van der Waals surface area contributed by atoms with E-state index in [9.17, 15) is 19.2 Å². The average molecular weight is 929 g/mol. The topological polar surface area (TPSA) is 181 Å². The van der Waals surface area contributed by atoms with E-state index in [4.69, 9.17) is 33.2 Å². The average Bonchev–Trinajstić information content (AvgIpc) is 3.29. The predicted octanol–water partition coefficient (Wildman–Crippen LogP) is 7.17. The number of ether oxygens (including phenoxy) is 7. The first kappa shape index (κ1) is 57.6. The Morgan fingerprint density at radius 1 is 0.662 bits per heavy atom. The van der Waals surface area contributed by atoms with E-state index in [0.29, 0.717) is 45.5 Å². The Morgan fingerprint density at radius 2 is 1.23 bits per heavy atom. The number of carbonyl (C=O) groups excluding carboxylic acids is 4. The lowest BCUT2D eigenvalue weighted by Gasteiger charge is -2.48. The maximum atomic E-state index is 16.6. The van der Waals surface area contributed by atoms with Crippen molar-refractivity contribution < 1.29 is 61.1 Å². The van der Waals surface area contributed by atoms with Crippen molar-refractivity contribution >= 4 is 23.9 Å². The SMILES string of the molecule is CCCCOC[C@H]1O[C@@H](C(F)(F)CNCCCC[C@H](NC(=O)OCc2ccccc2)C(=O)N[C@@H](C)C(=O)N[C@@H](C)C(=O)OCCCC)[C@H](OCCCC)[C@@H](OCCCC)[C@H]1OCCCC. The summed E-state index contributed by atoms with van der Waals surface area (Å²) in [6, 6.07) is 5.86. The standard InChI is InChI=1S/C48H82F2N4O11/c1-8-13-27-59-33-39-40(60-28-14-9-2)41(61-29-15-10-3)42(62-30-16-11-4)43(65-39)48(49,50)34-51-26-22-21-25-38(54-47(58)64-32-37-23-19-18-20-24-37)45(56)52-35(6)44(55)53-36(7)46(57)63-31-17-12-5/h18-20,23-24,35-36,38-43,51H,8-17,21-22,25-34H2,1-7H3,(H,52,56)(H,53,55)(H,54,58)/t35-,36-,38-,39+,40-,41-,42+,43+/m0/s1. The number of alkyl carbamates (subject to hydrolysis) is 1. The van der Waals surface area contributed by atoms with Crippen molar-refractivity contribution in [2.24, 2.45) is 0 Å². The number of amides is 3. The number of nitrogens with one attached hydrogen (secondary N) is 4. The van der Waals surface area contributed by atoms with Crippen LogP contribution in [0.2, 0.25) is 0 Å². The summed E-state index contributed by atoms with van der Waals surface area (Å²) in [5.74, 6) is -5.28. The van der Waals surface area contributed by atoms with E-state index in [0.717, 1.165) is 56.9 Å². The number of unbranched alkanes of at least 4 members (excludes halogenated alkanes) is 6. The van der Waals surface area contributed by atoms with Crippen LogP contribution in [-0.2, 0) is 54.1 Å². The Hall–Kier alpha value is -3.48. The van der Waals surface area contributed by atoms with Gasteiger partial charge in [-0.05, 0) is 77.3 Å². The summed E-state index contributed by atoms with van der Waals surface area (Å²) in [5, 5.41) is 10.6. The maximum absolute atomic E-state index is 16.6. The highest BCUT2D eigenvalue weighted by atomic mass is 19.3. The van der Waals surface area contributed by atoms with Crippen LogP contribution in [0.3, 0.4) is 0 Å². The number of rotatable bonds is 36. The molecule has 8 atom stereocenters. The normalized spacial score (nSPS) is 20.0. The number of carbonyl (C=O) groups is 4. The van der Waals surface area contributed by atoms with Gasteiger partial charge in [0, 0.05) is 26.4 Å². The minimum atomic E-state index is -3.40. The minimum Gasteiger partial charge on any atom is -0.464 e. The van der Waals surface area contributed by atoms with E-state index < -0.39 is 85.0 Å². The Labute approximate surface area is 387 Å². The molecule has 0 radical (unpaired) electrons. The largest absolute Gasteiger partial charge is 0.464 e. The van der Waals surface area contributed by atoms with E-state index in [1.807, 2.05) is 26.8 Å². The molecule has 1 aliphatic heterocycles. The lowest BCUT2D eigenvalue weighted by molar-refractivity contribution is -0.303. The van der Waals surface area contributed by atoms with Gasteiger partial charge in [-0.3, -0.25) is 9.59 Å². The van der Waals surface area contributed by atoms with Gasteiger partial charge in [-0.25, -0.2) is 18.4 Å². The van der Waals surface area contributed by atoms with Crippen LogP contribution in [0.4, 0.5) is 13.6 Å². The molecule has 2 rings (SSSR count). The predicted molar refractivity (Wildman–Crippen MR) is 245 cm³/mol. The summed E-state index contributed by atoms with van der Waals surface area (Å²) in [4.78, 5) is 51.6. The van der Waals surface area contributed by atoms with E-state index >= 15 is 8.78 Å². The van der Waals surface area contributed by atoms with Gasteiger partial charge >= 0.3 is 12.1 Å². The Morgan fingerprint density at radius 3 is 1.86 bits per heavy atom. The van der Waals surface area contributed by atoms with Gasteiger partial charge < -0.3 is 54.4 Å². The fourth-order valence-electron chi connectivity index (χ4n) is 6.85. The molecule has 1 fully saturated rings. The van der Waals surface area contributed by atoms with Crippen LogP contribution in [0.1, 0.15) is 138 Å². The number of benzene rings is 1. The van der Waals surface area contributed by atoms with Crippen LogP contribution in [0, 0.1) is 0 Å². The van der Waals surface area contributed by atoms with E-state index in [-0.39, 0.29) is 39.4 Å². The van der Waals surface area contributed by atoms with Crippen LogP contribution in [0.15, 0.2) is 30.3 Å². The monoisotopic (exact) mass is 929 g/mol. The number of hydrogen-bond donors (Lipinski definition) is 4. The van der Waals surface area contributed by atoms with E-state index in [2.05, 4.69) is 35.1 Å². The molecule has 0 bridgehead atoms. The van der Waals surface area contributed by atoms with Crippen molar-refractivity contribution in [1.29, 1.82) is 0 Å². The molecule has 65 heavy (non-hydrogen) atoms. The Bertz CT molecular complexity index is 1450.